The predicted molar refractivity (Wildman–Crippen MR) is 143 cm³/mol. The van der Waals surface area contributed by atoms with E-state index in [-0.39, 0.29) is 41.7 Å². The average Bonchev–Trinajstić information content (AvgIpc) is 3.31. The van der Waals surface area contributed by atoms with Crippen LogP contribution in [0.1, 0.15) is 38.2 Å². The van der Waals surface area contributed by atoms with Crippen molar-refractivity contribution >= 4 is 34.6 Å². The lowest BCUT2D eigenvalue weighted by atomic mass is 10.1. The van der Waals surface area contributed by atoms with Crippen LogP contribution in [-0.2, 0) is 22.6 Å². The third kappa shape index (κ3) is 7.48. The van der Waals surface area contributed by atoms with Crippen molar-refractivity contribution in [3.63, 3.8) is 0 Å². The van der Waals surface area contributed by atoms with Crippen molar-refractivity contribution in [3.05, 3.63) is 64.1 Å². The number of H-pyrrole nitrogens is 1. The Morgan fingerprint density at radius 1 is 1.23 bits per heavy atom. The Balaban J connectivity index is 1.82. The van der Waals surface area contributed by atoms with Crippen LogP contribution in [-0.4, -0.2) is 67.6 Å². The summed E-state index contributed by atoms with van der Waals surface area (Å²) in [4.78, 5) is 61.3. The van der Waals surface area contributed by atoms with Crippen LogP contribution in [0.4, 0.5) is 19.3 Å². The molecule has 3 amide bonds. The van der Waals surface area contributed by atoms with Crippen LogP contribution in [0, 0.1) is 17.7 Å². The molecule has 12 nitrogen and oxygen atoms in total. The first kappa shape index (κ1) is 29.9. The number of halogens is 2. The van der Waals surface area contributed by atoms with E-state index in [1.165, 1.54) is 17.1 Å². The molecule has 3 rings (SSSR count). The number of aromatic amines is 1. The van der Waals surface area contributed by atoms with Crippen molar-refractivity contribution in [1.29, 1.82) is 0 Å². The molecule has 3 aromatic rings. The molecule has 0 saturated heterocycles. The fourth-order valence-electron chi connectivity index (χ4n) is 3.86. The van der Waals surface area contributed by atoms with E-state index < -0.39 is 41.9 Å². The van der Waals surface area contributed by atoms with Gasteiger partial charge in [0.2, 0.25) is 11.8 Å². The van der Waals surface area contributed by atoms with Crippen LogP contribution in [0.25, 0.3) is 11.0 Å². The van der Waals surface area contributed by atoms with E-state index in [2.05, 4.69) is 25.6 Å². The van der Waals surface area contributed by atoms with Gasteiger partial charge in [-0.2, -0.15) is 4.39 Å². The van der Waals surface area contributed by atoms with Crippen LogP contribution in [0.3, 0.4) is 0 Å². The molecule has 0 spiro atoms. The van der Waals surface area contributed by atoms with Crippen LogP contribution in [0.15, 0.2) is 35.3 Å². The van der Waals surface area contributed by atoms with Crippen molar-refractivity contribution in [3.8, 4) is 0 Å². The molecule has 4 N–H and O–H groups in total. The largest absolute Gasteiger partial charge is 0.465 e. The number of carbonyl (C=O) groups is 3. The van der Waals surface area contributed by atoms with Gasteiger partial charge in [0.1, 0.15) is 23.1 Å². The number of likely N-dealkylation sites (N-methyl/N-ethyl adjacent to an activating group) is 1. The molecule has 0 fully saturated rings. The van der Waals surface area contributed by atoms with E-state index in [1.807, 2.05) is 13.8 Å². The zero-order valence-electron chi connectivity index (χ0n) is 22.5. The Bertz CT molecular complexity index is 1500. The number of aromatic nitrogens is 4. The average molecular weight is 560 g/mol. The smallest absolute Gasteiger partial charge is 0.405 e. The van der Waals surface area contributed by atoms with E-state index in [0.717, 1.165) is 18.3 Å². The molecule has 40 heavy (non-hydrogen) atoms. The molecule has 0 aliphatic carbocycles. The molecular weight excluding hydrogens is 528 g/mol. The molecule has 0 bridgehead atoms. The van der Waals surface area contributed by atoms with Crippen molar-refractivity contribution in [2.75, 3.05) is 19.4 Å². The number of anilines is 1. The van der Waals surface area contributed by atoms with Gasteiger partial charge in [0, 0.05) is 14.1 Å². The number of hydrogen-bond acceptors (Lipinski definition) is 6. The third-order valence-electron chi connectivity index (χ3n) is 5.83. The van der Waals surface area contributed by atoms with Gasteiger partial charge in [0.25, 0.3) is 5.56 Å². The highest BCUT2D eigenvalue weighted by atomic mass is 19.1. The fourth-order valence-corrected chi connectivity index (χ4v) is 3.86. The predicted octanol–water partition coefficient (Wildman–Crippen LogP) is 2.64. The lowest BCUT2D eigenvalue weighted by Crippen LogP contribution is -2.44. The summed E-state index contributed by atoms with van der Waals surface area (Å²) in [6, 6.07) is 0.753. The number of fused-ring (bicyclic) bond motifs is 1. The van der Waals surface area contributed by atoms with Crippen LogP contribution >= 0.6 is 0 Å². The maximum absolute atomic E-state index is 14.7. The maximum Gasteiger partial charge on any atom is 0.405 e. The number of nitrogens with zero attached hydrogens (tertiary/aromatic N) is 4. The topological polar surface area (TPSA) is 162 Å². The van der Waals surface area contributed by atoms with Gasteiger partial charge in [-0.3, -0.25) is 23.9 Å². The van der Waals surface area contributed by atoms with Gasteiger partial charge < -0.3 is 25.6 Å². The Hall–Kier alpha value is -4.62. The van der Waals surface area contributed by atoms with Crippen molar-refractivity contribution < 1.29 is 28.3 Å². The summed E-state index contributed by atoms with van der Waals surface area (Å²) >= 11 is 0. The minimum absolute atomic E-state index is 0.0119. The highest BCUT2D eigenvalue weighted by Gasteiger charge is 2.22. The molecule has 3 heterocycles. The lowest BCUT2D eigenvalue weighted by molar-refractivity contribution is -0.123. The standard InChI is InChI=1S/C26H31F2N7O5/c1-14(2)11-18-23-22(15(27)12-29-18)32-20(33-23)13-35-19(28)10-9-17(25(35)38)30-24(37)16(31-26(39)40)7-5-6-8-21(36)34(3)4/h6,8-10,12,14,16,31H,5,7,11,13H2,1-4H3,(H,30,37)(H,32,33)(H,39,40). The molecule has 3 aromatic heterocycles. The molecule has 0 aromatic carbocycles. The molecular formula is C26H31F2N7O5. The number of amides is 3. The number of allylic oxidation sites excluding steroid dienone is 1. The van der Waals surface area contributed by atoms with E-state index in [9.17, 15) is 28.0 Å². The molecule has 214 valence electrons. The van der Waals surface area contributed by atoms with Crippen LogP contribution < -0.4 is 16.2 Å². The van der Waals surface area contributed by atoms with Crippen LogP contribution in [0.5, 0.6) is 0 Å². The molecule has 0 radical (unpaired) electrons. The minimum Gasteiger partial charge on any atom is -0.465 e. The number of carbonyl (C=O) groups excluding carboxylic acids is 2. The second-order valence-corrected chi connectivity index (χ2v) is 9.72. The van der Waals surface area contributed by atoms with Gasteiger partial charge in [-0.1, -0.05) is 19.9 Å². The number of carboxylic acid groups (broad SMARTS) is 1. The fraction of sp³-hybridized carbons (Fsp3) is 0.385. The summed E-state index contributed by atoms with van der Waals surface area (Å²) in [6.45, 7) is 3.55. The number of imidazole rings is 1. The summed E-state index contributed by atoms with van der Waals surface area (Å²) in [6.07, 6.45) is 3.10. The van der Waals surface area contributed by atoms with E-state index in [4.69, 9.17) is 5.11 Å². The highest BCUT2D eigenvalue weighted by Crippen LogP contribution is 2.21. The summed E-state index contributed by atoms with van der Waals surface area (Å²) in [5.74, 6) is -2.40. The first-order chi connectivity index (χ1) is 18.9. The quantitative estimate of drug-likeness (QED) is 0.207. The summed E-state index contributed by atoms with van der Waals surface area (Å²) in [7, 11) is 3.14. The zero-order chi connectivity index (χ0) is 29.6. The molecule has 14 heteroatoms. The normalized spacial score (nSPS) is 12.2. The van der Waals surface area contributed by atoms with Crippen molar-refractivity contribution in [2.45, 2.75) is 45.7 Å². The van der Waals surface area contributed by atoms with Gasteiger partial charge >= 0.3 is 6.09 Å². The number of rotatable bonds is 11. The summed E-state index contributed by atoms with van der Waals surface area (Å²) in [5, 5.41) is 13.5. The Morgan fingerprint density at radius 2 is 1.95 bits per heavy atom. The monoisotopic (exact) mass is 559 g/mol. The zero-order valence-corrected chi connectivity index (χ0v) is 22.5. The van der Waals surface area contributed by atoms with Crippen molar-refractivity contribution in [2.24, 2.45) is 5.92 Å². The number of pyridine rings is 2. The van der Waals surface area contributed by atoms with Gasteiger partial charge in [-0.15, -0.1) is 0 Å². The Kier molecular flexibility index (Phi) is 9.69. The molecule has 1 unspecified atom stereocenters. The second kappa shape index (κ2) is 13.0. The highest BCUT2D eigenvalue weighted by molar-refractivity contribution is 5.96. The maximum atomic E-state index is 14.7. The van der Waals surface area contributed by atoms with Crippen LogP contribution in [0.2, 0.25) is 0 Å². The molecule has 0 saturated carbocycles. The second-order valence-electron chi connectivity index (χ2n) is 9.72. The van der Waals surface area contributed by atoms with Crippen molar-refractivity contribution in [1.82, 2.24) is 29.7 Å². The SMILES string of the molecule is CC(C)Cc1ncc(F)c2nc(Cn3c(F)ccc(NC(=O)C(CCC=CC(=O)N(C)C)NC(=O)O)c3=O)[nH]c12. The minimum atomic E-state index is -1.46. The van der Waals surface area contributed by atoms with E-state index in [1.54, 1.807) is 14.1 Å². The Morgan fingerprint density at radius 3 is 2.60 bits per heavy atom. The van der Waals surface area contributed by atoms with Gasteiger partial charge in [0.05, 0.1) is 24.0 Å². The number of nitrogens with one attached hydrogen (secondary N) is 3. The first-order valence-electron chi connectivity index (χ1n) is 12.5. The molecule has 1 atom stereocenters. The summed E-state index contributed by atoms with van der Waals surface area (Å²) < 4.78 is 29.8. The van der Waals surface area contributed by atoms with E-state index >= 15 is 0 Å². The number of hydrogen-bond donors (Lipinski definition) is 4. The molecule has 0 aliphatic heterocycles. The van der Waals surface area contributed by atoms with Gasteiger partial charge in [0.15, 0.2) is 11.8 Å². The first-order valence-corrected chi connectivity index (χ1v) is 12.5. The van der Waals surface area contributed by atoms with Gasteiger partial charge in [-0.05, 0) is 43.4 Å². The lowest BCUT2D eigenvalue weighted by Gasteiger charge is -2.16. The summed E-state index contributed by atoms with van der Waals surface area (Å²) in [5.41, 5.74) is -0.267. The Labute approximate surface area is 228 Å². The van der Waals surface area contributed by atoms with E-state index in [0.29, 0.717) is 22.2 Å². The van der Waals surface area contributed by atoms with Gasteiger partial charge in [-0.25, -0.2) is 14.2 Å². The molecule has 0 aliphatic rings. The third-order valence-corrected chi connectivity index (χ3v) is 5.83.